The number of carbonyl (C=O) groups excluding carboxylic acids is 2. The Morgan fingerprint density at radius 1 is 0.894 bits per heavy atom. The zero-order valence-electron chi connectivity index (χ0n) is 31.1. The van der Waals surface area contributed by atoms with E-state index in [1.54, 1.807) is 20.8 Å². The number of hydrogen-bond donors (Lipinski definition) is 0. The molecule has 4 heterocycles. The predicted octanol–water partition coefficient (Wildman–Crippen LogP) is 7.51. The summed E-state index contributed by atoms with van der Waals surface area (Å²) in [6.45, 7) is 25.6. The summed E-state index contributed by atoms with van der Waals surface area (Å²) in [4.78, 5) is 40.7. The molecule has 10 heteroatoms. The summed E-state index contributed by atoms with van der Waals surface area (Å²) < 4.78 is 39.5. The monoisotopic (exact) mass is 663 g/mol. The number of nitrogens with zero attached hydrogens (tertiary/aromatic N) is 1. The summed E-state index contributed by atoms with van der Waals surface area (Å²) in [5, 5.41) is 3.32. The van der Waals surface area contributed by atoms with Crippen LogP contribution in [0.25, 0.3) is 0 Å². The lowest BCUT2D eigenvalue weighted by atomic mass is 9.78. The van der Waals surface area contributed by atoms with E-state index in [9.17, 15) is 14.5 Å². The van der Waals surface area contributed by atoms with Crippen molar-refractivity contribution in [1.29, 1.82) is 0 Å². The number of fused-ring (bicyclic) bond motifs is 2. The van der Waals surface area contributed by atoms with Gasteiger partial charge in [0.2, 0.25) is 0 Å². The molecule has 0 aromatic rings. The first kappa shape index (κ1) is 37.9. The number of nitroso groups, excluding NO2 is 1. The van der Waals surface area contributed by atoms with Gasteiger partial charge in [0, 0.05) is 24.7 Å². The number of rotatable bonds is 6. The number of carbonyl (C=O) groups is 2. The quantitative estimate of drug-likeness (QED) is 0.210. The van der Waals surface area contributed by atoms with Crippen molar-refractivity contribution in [3.63, 3.8) is 0 Å². The molecule has 0 aliphatic carbocycles. The molecule has 0 amide bonds. The molecular weight excluding hydrogens is 602 g/mol. The lowest BCUT2D eigenvalue weighted by Crippen LogP contribution is -2.55. The van der Waals surface area contributed by atoms with Gasteiger partial charge in [-0.3, -0.25) is 9.59 Å². The summed E-state index contributed by atoms with van der Waals surface area (Å²) >= 11 is 0. The molecule has 2 bridgehead atoms. The fourth-order valence-corrected chi connectivity index (χ4v) is 8.73. The Morgan fingerprint density at radius 2 is 1.55 bits per heavy atom. The maximum absolute atomic E-state index is 14.1. The van der Waals surface area contributed by atoms with Crippen LogP contribution in [0, 0.1) is 39.9 Å². The molecule has 47 heavy (non-hydrogen) atoms. The van der Waals surface area contributed by atoms with Gasteiger partial charge >= 0.3 is 5.97 Å². The molecule has 0 aromatic heterocycles. The zero-order chi connectivity index (χ0) is 35.2. The van der Waals surface area contributed by atoms with Crippen LogP contribution in [0.15, 0.2) is 16.5 Å². The molecule has 14 atom stereocenters. The number of Topliss-reactive ketones (excluding diaryl/α,β-unsaturated/α-hetero) is 1. The highest BCUT2D eigenvalue weighted by Crippen LogP contribution is 2.47. The number of hydrogen-bond acceptors (Lipinski definition) is 10. The normalized spacial score (nSPS) is 46.5. The topological polar surface area (TPSA) is 119 Å². The third kappa shape index (κ3) is 7.65. The van der Waals surface area contributed by atoms with E-state index in [1.165, 1.54) is 6.92 Å². The third-order valence-electron chi connectivity index (χ3n) is 11.5. The maximum atomic E-state index is 14.1. The molecular formula is C37H61NO9. The van der Waals surface area contributed by atoms with Crippen LogP contribution < -0.4 is 0 Å². The second-order valence-corrected chi connectivity index (χ2v) is 16.5. The number of ketones is 1. The Morgan fingerprint density at radius 3 is 2.15 bits per heavy atom. The highest BCUT2D eigenvalue weighted by Gasteiger charge is 2.56. The number of esters is 1. The van der Waals surface area contributed by atoms with E-state index in [2.05, 4.69) is 39.8 Å². The summed E-state index contributed by atoms with van der Waals surface area (Å²) in [5.74, 6) is -2.04. The van der Waals surface area contributed by atoms with Crippen molar-refractivity contribution in [3.05, 3.63) is 16.2 Å². The molecule has 3 fully saturated rings. The smallest absolute Gasteiger partial charge is 0.311 e. The second kappa shape index (κ2) is 14.2. The van der Waals surface area contributed by atoms with Crippen LogP contribution >= 0.6 is 0 Å². The molecule has 3 saturated heterocycles. The van der Waals surface area contributed by atoms with Crippen LogP contribution in [0.3, 0.4) is 0 Å². The molecule has 11 unspecified atom stereocenters. The Balaban J connectivity index is 1.84. The molecule has 10 nitrogen and oxygen atoms in total. The molecule has 4 aliphatic heterocycles. The van der Waals surface area contributed by atoms with E-state index in [4.69, 9.17) is 28.4 Å². The fraction of sp³-hybridized carbons (Fsp3) is 0.892. The van der Waals surface area contributed by atoms with E-state index < -0.39 is 71.5 Å². The molecule has 4 rings (SSSR count). The zero-order valence-corrected chi connectivity index (χ0v) is 31.1. The van der Waals surface area contributed by atoms with Gasteiger partial charge in [-0.25, -0.2) is 0 Å². The van der Waals surface area contributed by atoms with Gasteiger partial charge in [-0.15, -0.1) is 4.91 Å². The average molecular weight is 664 g/mol. The van der Waals surface area contributed by atoms with Crippen LogP contribution in [-0.2, 0) is 38.0 Å². The molecule has 0 aromatic carbocycles. The van der Waals surface area contributed by atoms with Crippen molar-refractivity contribution in [2.75, 3.05) is 0 Å². The lowest BCUT2D eigenvalue weighted by Gasteiger charge is -2.47. The summed E-state index contributed by atoms with van der Waals surface area (Å²) in [5.41, 5.74) is -1.87. The first-order chi connectivity index (χ1) is 21.8. The minimum atomic E-state index is -1.81. The van der Waals surface area contributed by atoms with E-state index in [0.717, 1.165) is 18.4 Å². The SMILES string of the molecule is CCC1OC(=O)C(C)C(OC2CC(C)(C)CC(C)O2)C(C)C(OC2OC(C)CC(C)[C@@H]2C)[C@]2(C)CC(C)=C(O2)C(C)C(=O)[C@@]1(C)N=O. The van der Waals surface area contributed by atoms with Gasteiger partial charge in [-0.1, -0.05) is 46.7 Å². The van der Waals surface area contributed by atoms with Crippen molar-refractivity contribution in [2.45, 2.75) is 176 Å². The number of ether oxygens (including phenoxy) is 6. The maximum Gasteiger partial charge on any atom is 0.311 e. The molecule has 0 spiro atoms. The van der Waals surface area contributed by atoms with Gasteiger partial charge in [-0.2, -0.15) is 0 Å². The predicted molar refractivity (Wildman–Crippen MR) is 178 cm³/mol. The average Bonchev–Trinajstić information content (AvgIpc) is 3.30. The van der Waals surface area contributed by atoms with Crippen molar-refractivity contribution in [3.8, 4) is 0 Å². The van der Waals surface area contributed by atoms with Gasteiger partial charge < -0.3 is 28.4 Å². The van der Waals surface area contributed by atoms with Crippen LogP contribution in [0.2, 0.25) is 0 Å². The van der Waals surface area contributed by atoms with Gasteiger partial charge in [0.25, 0.3) is 0 Å². The van der Waals surface area contributed by atoms with Crippen LogP contribution in [0.4, 0.5) is 0 Å². The van der Waals surface area contributed by atoms with Crippen LogP contribution in [-0.4, -0.2) is 66.0 Å². The number of cyclic esters (lactones) is 1. The largest absolute Gasteiger partial charge is 0.488 e. The molecule has 268 valence electrons. The van der Waals surface area contributed by atoms with Crippen molar-refractivity contribution >= 4 is 11.8 Å². The van der Waals surface area contributed by atoms with Gasteiger partial charge in [0.15, 0.2) is 23.9 Å². The minimum Gasteiger partial charge on any atom is -0.488 e. The molecule has 0 saturated carbocycles. The lowest BCUT2D eigenvalue weighted by molar-refractivity contribution is -0.296. The highest BCUT2D eigenvalue weighted by molar-refractivity contribution is 5.93. The van der Waals surface area contributed by atoms with Gasteiger partial charge in [0.05, 0.1) is 30.1 Å². The van der Waals surface area contributed by atoms with Crippen LogP contribution in [0.5, 0.6) is 0 Å². The Bertz CT molecular complexity index is 1200. The first-order valence-electron chi connectivity index (χ1n) is 17.9. The Kier molecular flexibility index (Phi) is 11.4. The van der Waals surface area contributed by atoms with E-state index in [1.807, 2.05) is 27.7 Å². The summed E-state index contributed by atoms with van der Waals surface area (Å²) in [7, 11) is 0. The van der Waals surface area contributed by atoms with Crippen molar-refractivity contribution < 1.29 is 38.0 Å². The molecule has 0 radical (unpaired) electrons. The fourth-order valence-electron chi connectivity index (χ4n) is 8.73. The van der Waals surface area contributed by atoms with E-state index in [0.29, 0.717) is 24.5 Å². The second-order valence-electron chi connectivity index (χ2n) is 16.5. The standard InChI is InChI=1S/C37H61NO9/c1-14-27-37(13,38-41)31(39)24(7)29-20(3)16-36(12,47-29)32(46-34-23(6)19(2)15-21(4)43-34)25(8)30(26(9)33(40)44-27)45-28-18-35(10,11)17-22(5)42-28/h19,21-28,30,32,34H,14-18H2,1-13H3/t19?,21?,22?,23-,24?,25?,26?,27?,28?,30?,32?,34?,36-,37-/m0/s1. The minimum absolute atomic E-state index is 0.0152. The van der Waals surface area contributed by atoms with E-state index in [-0.39, 0.29) is 30.0 Å². The first-order valence-corrected chi connectivity index (χ1v) is 17.9. The van der Waals surface area contributed by atoms with Gasteiger partial charge in [-0.05, 0) is 84.6 Å². The molecule has 0 N–H and O–H groups in total. The van der Waals surface area contributed by atoms with Crippen molar-refractivity contribution in [1.82, 2.24) is 0 Å². The van der Waals surface area contributed by atoms with Crippen molar-refractivity contribution in [2.24, 2.45) is 40.2 Å². The van der Waals surface area contributed by atoms with Crippen LogP contribution in [0.1, 0.15) is 122 Å². The highest BCUT2D eigenvalue weighted by atomic mass is 16.7. The Hall–Kier alpha value is -1.88. The molecule has 4 aliphatic rings. The van der Waals surface area contributed by atoms with E-state index >= 15 is 0 Å². The third-order valence-corrected chi connectivity index (χ3v) is 11.5. The summed E-state index contributed by atoms with van der Waals surface area (Å²) in [6, 6.07) is 0. The summed E-state index contributed by atoms with van der Waals surface area (Å²) in [6.07, 6.45) is -0.288. The Labute approximate surface area is 282 Å². The number of allylic oxidation sites excluding steroid dienone is 1. The van der Waals surface area contributed by atoms with Gasteiger partial charge in [0.1, 0.15) is 23.6 Å².